The fourth-order valence-corrected chi connectivity index (χ4v) is 3.61. The zero-order valence-electron chi connectivity index (χ0n) is 12.8. The Hall–Kier alpha value is -2.00. The van der Waals surface area contributed by atoms with E-state index >= 15 is 0 Å². The standard InChI is InChI=1S/C14H16FN3O3S2/c1-8(10-4-6-11(15)7-5-10)16-13(19)12-9(2)17-14(22-12)18-23(3,20)21/h4-8H,1-3H3,(H,16,19)(H,17,18). The van der Waals surface area contributed by atoms with Crippen molar-refractivity contribution in [2.45, 2.75) is 19.9 Å². The third-order valence-corrected chi connectivity index (χ3v) is 4.76. The van der Waals surface area contributed by atoms with Crippen LogP contribution in [0.15, 0.2) is 24.3 Å². The normalized spacial score (nSPS) is 12.7. The average Bonchev–Trinajstić information content (AvgIpc) is 2.77. The van der Waals surface area contributed by atoms with E-state index in [1.807, 2.05) is 0 Å². The molecule has 124 valence electrons. The predicted molar refractivity (Wildman–Crippen MR) is 87.6 cm³/mol. The summed E-state index contributed by atoms with van der Waals surface area (Å²) in [4.78, 5) is 16.7. The van der Waals surface area contributed by atoms with Crippen LogP contribution in [-0.2, 0) is 10.0 Å². The second kappa shape index (κ2) is 6.63. The number of amides is 1. The number of nitrogens with zero attached hydrogens (tertiary/aromatic N) is 1. The average molecular weight is 357 g/mol. The van der Waals surface area contributed by atoms with Gasteiger partial charge in [0.25, 0.3) is 5.91 Å². The number of aromatic nitrogens is 1. The number of sulfonamides is 1. The maximum absolute atomic E-state index is 12.9. The van der Waals surface area contributed by atoms with E-state index in [-0.39, 0.29) is 22.9 Å². The topological polar surface area (TPSA) is 88.2 Å². The second-order valence-electron chi connectivity index (χ2n) is 5.05. The largest absolute Gasteiger partial charge is 0.345 e. The molecular formula is C14H16FN3O3S2. The molecule has 9 heteroatoms. The molecule has 0 radical (unpaired) electrons. The molecular weight excluding hydrogens is 341 g/mol. The molecule has 6 nitrogen and oxygen atoms in total. The van der Waals surface area contributed by atoms with Gasteiger partial charge in [-0.3, -0.25) is 9.52 Å². The molecule has 0 aliphatic rings. The monoisotopic (exact) mass is 357 g/mol. The molecule has 2 N–H and O–H groups in total. The Bertz CT molecular complexity index is 816. The lowest BCUT2D eigenvalue weighted by molar-refractivity contribution is 0.0943. The summed E-state index contributed by atoms with van der Waals surface area (Å²) in [6.45, 7) is 3.40. The Balaban J connectivity index is 2.13. The summed E-state index contributed by atoms with van der Waals surface area (Å²) in [5.74, 6) is -0.708. The van der Waals surface area contributed by atoms with Gasteiger partial charge >= 0.3 is 0 Å². The Morgan fingerprint density at radius 3 is 2.48 bits per heavy atom. The number of carbonyl (C=O) groups excluding carboxylic acids is 1. The van der Waals surface area contributed by atoms with Crippen LogP contribution in [0.2, 0.25) is 0 Å². The van der Waals surface area contributed by atoms with E-state index in [0.717, 1.165) is 23.2 Å². The van der Waals surface area contributed by atoms with Gasteiger partial charge in [0.15, 0.2) is 5.13 Å². The minimum atomic E-state index is -3.45. The van der Waals surface area contributed by atoms with Gasteiger partial charge in [-0.15, -0.1) is 0 Å². The number of thiazole rings is 1. The van der Waals surface area contributed by atoms with Gasteiger partial charge in [-0.2, -0.15) is 0 Å². The van der Waals surface area contributed by atoms with Crippen LogP contribution in [0, 0.1) is 12.7 Å². The molecule has 1 amide bonds. The van der Waals surface area contributed by atoms with Crippen LogP contribution in [0.3, 0.4) is 0 Å². The third-order valence-electron chi connectivity index (χ3n) is 2.99. The molecule has 0 aliphatic carbocycles. The zero-order valence-corrected chi connectivity index (χ0v) is 14.4. The number of halogens is 1. The minimum Gasteiger partial charge on any atom is -0.345 e. The van der Waals surface area contributed by atoms with Crippen LogP contribution in [0.25, 0.3) is 0 Å². The van der Waals surface area contributed by atoms with E-state index < -0.39 is 10.0 Å². The first kappa shape index (κ1) is 17.4. The summed E-state index contributed by atoms with van der Waals surface area (Å²) in [6.07, 6.45) is 1.01. The smallest absolute Gasteiger partial charge is 0.263 e. The van der Waals surface area contributed by atoms with Gasteiger partial charge < -0.3 is 5.32 Å². The molecule has 0 fully saturated rings. The van der Waals surface area contributed by atoms with E-state index in [1.54, 1.807) is 26.0 Å². The van der Waals surface area contributed by atoms with Gasteiger partial charge in [0.1, 0.15) is 10.7 Å². The molecule has 2 aromatic rings. The van der Waals surface area contributed by atoms with Crippen molar-refractivity contribution in [3.63, 3.8) is 0 Å². The highest BCUT2D eigenvalue weighted by Gasteiger charge is 2.19. The van der Waals surface area contributed by atoms with Crippen LogP contribution < -0.4 is 10.0 Å². The quantitative estimate of drug-likeness (QED) is 0.860. The number of carbonyl (C=O) groups is 1. The number of benzene rings is 1. The Morgan fingerprint density at radius 1 is 1.30 bits per heavy atom. The first-order valence-corrected chi connectivity index (χ1v) is 9.38. The number of aryl methyl sites for hydroxylation is 1. The minimum absolute atomic E-state index is 0.143. The van der Waals surface area contributed by atoms with Crippen LogP contribution in [0.4, 0.5) is 9.52 Å². The van der Waals surface area contributed by atoms with E-state index in [9.17, 15) is 17.6 Å². The first-order chi connectivity index (χ1) is 10.7. The fraction of sp³-hybridized carbons (Fsp3) is 0.286. The second-order valence-corrected chi connectivity index (χ2v) is 7.80. The van der Waals surface area contributed by atoms with Crippen LogP contribution in [0.5, 0.6) is 0 Å². The molecule has 23 heavy (non-hydrogen) atoms. The molecule has 0 saturated heterocycles. The van der Waals surface area contributed by atoms with Crippen molar-refractivity contribution in [3.05, 3.63) is 46.2 Å². The summed E-state index contributed by atoms with van der Waals surface area (Å²) in [5.41, 5.74) is 1.20. The van der Waals surface area contributed by atoms with Gasteiger partial charge in [-0.1, -0.05) is 23.5 Å². The molecule has 1 atom stereocenters. The van der Waals surface area contributed by atoms with Gasteiger partial charge in [0.05, 0.1) is 18.0 Å². The van der Waals surface area contributed by atoms with Crippen molar-refractivity contribution >= 4 is 32.4 Å². The lowest BCUT2D eigenvalue weighted by Crippen LogP contribution is -2.26. The Labute approximate surface area is 137 Å². The highest BCUT2D eigenvalue weighted by molar-refractivity contribution is 7.92. The van der Waals surface area contributed by atoms with Gasteiger partial charge in [-0.25, -0.2) is 17.8 Å². The summed E-state index contributed by atoms with van der Waals surface area (Å²) >= 11 is 0.961. The maximum Gasteiger partial charge on any atom is 0.263 e. The summed E-state index contributed by atoms with van der Waals surface area (Å²) in [6, 6.07) is 5.51. The number of rotatable bonds is 5. The number of hydrogen-bond acceptors (Lipinski definition) is 5. The van der Waals surface area contributed by atoms with E-state index in [2.05, 4.69) is 15.0 Å². The molecule has 0 spiro atoms. The van der Waals surface area contributed by atoms with E-state index in [4.69, 9.17) is 0 Å². The van der Waals surface area contributed by atoms with Gasteiger partial charge in [0.2, 0.25) is 10.0 Å². The number of hydrogen-bond donors (Lipinski definition) is 2. The molecule has 0 aliphatic heterocycles. The fourth-order valence-electron chi connectivity index (χ4n) is 1.91. The summed E-state index contributed by atoms with van der Waals surface area (Å²) < 4.78 is 37.6. The first-order valence-electron chi connectivity index (χ1n) is 6.67. The van der Waals surface area contributed by atoms with Crippen molar-refractivity contribution in [1.82, 2.24) is 10.3 Å². The predicted octanol–water partition coefficient (Wildman–Crippen LogP) is 2.45. The van der Waals surface area contributed by atoms with Crippen molar-refractivity contribution in [2.24, 2.45) is 0 Å². The highest BCUT2D eigenvalue weighted by Crippen LogP contribution is 2.24. The number of anilines is 1. The highest BCUT2D eigenvalue weighted by atomic mass is 32.2. The van der Waals surface area contributed by atoms with Gasteiger partial charge in [-0.05, 0) is 31.5 Å². The van der Waals surface area contributed by atoms with Crippen LogP contribution in [-0.4, -0.2) is 25.6 Å². The Morgan fingerprint density at radius 2 is 1.91 bits per heavy atom. The molecule has 1 unspecified atom stereocenters. The van der Waals surface area contributed by atoms with E-state index in [0.29, 0.717) is 10.6 Å². The molecule has 0 bridgehead atoms. The summed E-state index contributed by atoms with van der Waals surface area (Å²) in [7, 11) is -3.45. The van der Waals surface area contributed by atoms with Crippen molar-refractivity contribution in [1.29, 1.82) is 0 Å². The Kier molecular flexibility index (Phi) is 5.00. The molecule has 0 saturated carbocycles. The molecule has 2 rings (SSSR count). The van der Waals surface area contributed by atoms with Crippen molar-refractivity contribution in [2.75, 3.05) is 11.0 Å². The number of nitrogens with one attached hydrogen (secondary N) is 2. The lowest BCUT2D eigenvalue weighted by atomic mass is 10.1. The van der Waals surface area contributed by atoms with Crippen molar-refractivity contribution in [3.8, 4) is 0 Å². The van der Waals surface area contributed by atoms with Crippen LogP contribution in [0.1, 0.15) is 33.9 Å². The summed E-state index contributed by atoms with van der Waals surface area (Å²) in [5, 5.41) is 2.92. The molecule has 1 heterocycles. The zero-order chi connectivity index (χ0) is 17.2. The molecule has 1 aromatic heterocycles. The molecule has 1 aromatic carbocycles. The van der Waals surface area contributed by atoms with Gasteiger partial charge in [0, 0.05) is 0 Å². The lowest BCUT2D eigenvalue weighted by Gasteiger charge is -2.13. The van der Waals surface area contributed by atoms with E-state index in [1.165, 1.54) is 12.1 Å². The van der Waals surface area contributed by atoms with Crippen molar-refractivity contribution < 1.29 is 17.6 Å². The SMILES string of the molecule is Cc1nc(NS(C)(=O)=O)sc1C(=O)NC(C)c1ccc(F)cc1. The third kappa shape index (κ3) is 4.73. The van der Waals surface area contributed by atoms with Crippen LogP contribution >= 0.6 is 11.3 Å². The maximum atomic E-state index is 12.9.